The third-order valence-corrected chi connectivity index (χ3v) is 5.63. The standard InChI is InChI=1S/C19H20FN5O4/c1-27-18(26)24-6-4-19(20,5-7-24)17-22-16(29-23-17)12-2-3-13-9-21-25(15(13)8-12)14-10-28-11-14/h2-3,8-9,14H,4-7,10-11H2,1H3. The number of nitrogens with zero attached hydrogens (tertiary/aromatic N) is 5. The van der Waals surface area contributed by atoms with Crippen molar-refractivity contribution < 1.29 is 23.2 Å². The van der Waals surface area contributed by atoms with Crippen molar-refractivity contribution in [2.24, 2.45) is 0 Å². The van der Waals surface area contributed by atoms with Gasteiger partial charge in [0.05, 0.1) is 38.1 Å². The lowest BCUT2D eigenvalue weighted by Gasteiger charge is -2.33. The Kier molecular flexibility index (Phi) is 4.23. The number of amides is 1. The first-order valence-corrected chi connectivity index (χ1v) is 9.49. The highest BCUT2D eigenvalue weighted by Crippen LogP contribution is 2.36. The Bertz CT molecular complexity index is 1050. The van der Waals surface area contributed by atoms with E-state index in [4.69, 9.17) is 14.0 Å². The number of benzene rings is 1. The van der Waals surface area contributed by atoms with Crippen molar-refractivity contribution in [3.63, 3.8) is 0 Å². The summed E-state index contributed by atoms with van der Waals surface area (Å²) in [6.07, 6.45) is 1.54. The highest BCUT2D eigenvalue weighted by Gasteiger charge is 2.42. The van der Waals surface area contributed by atoms with E-state index >= 15 is 4.39 Å². The fraction of sp³-hybridized carbons (Fsp3) is 0.474. The zero-order valence-electron chi connectivity index (χ0n) is 15.9. The first-order chi connectivity index (χ1) is 14.1. The molecule has 0 radical (unpaired) electrons. The molecule has 1 amide bonds. The lowest BCUT2D eigenvalue weighted by atomic mass is 9.93. The molecule has 3 aromatic rings. The number of ether oxygens (including phenoxy) is 2. The number of carbonyl (C=O) groups excluding carboxylic acids is 1. The van der Waals surface area contributed by atoms with Crippen LogP contribution in [0.2, 0.25) is 0 Å². The Morgan fingerprint density at radius 1 is 1.31 bits per heavy atom. The van der Waals surface area contributed by atoms with Crippen molar-refractivity contribution in [2.45, 2.75) is 24.6 Å². The third-order valence-electron chi connectivity index (χ3n) is 5.63. The average molecular weight is 401 g/mol. The molecular weight excluding hydrogens is 381 g/mol. The van der Waals surface area contributed by atoms with Crippen molar-refractivity contribution in [1.82, 2.24) is 24.8 Å². The number of fused-ring (bicyclic) bond motifs is 1. The number of methoxy groups -OCH3 is 1. The summed E-state index contributed by atoms with van der Waals surface area (Å²) in [5.41, 5.74) is -0.0905. The Balaban J connectivity index is 1.39. The van der Waals surface area contributed by atoms with E-state index < -0.39 is 11.8 Å². The van der Waals surface area contributed by atoms with E-state index in [-0.39, 0.29) is 43.7 Å². The topological polar surface area (TPSA) is 95.5 Å². The molecule has 0 atom stereocenters. The number of halogens is 1. The zero-order chi connectivity index (χ0) is 20.0. The Morgan fingerprint density at radius 3 is 2.79 bits per heavy atom. The van der Waals surface area contributed by atoms with E-state index in [0.29, 0.717) is 18.8 Å². The maximum atomic E-state index is 15.4. The van der Waals surface area contributed by atoms with E-state index in [0.717, 1.165) is 10.9 Å². The monoisotopic (exact) mass is 401 g/mol. The molecule has 2 saturated heterocycles. The molecule has 0 aliphatic carbocycles. The summed E-state index contributed by atoms with van der Waals surface area (Å²) >= 11 is 0. The Labute approximate surface area is 165 Å². The van der Waals surface area contributed by atoms with Crippen LogP contribution >= 0.6 is 0 Å². The molecule has 0 unspecified atom stereocenters. The molecule has 0 spiro atoms. The molecular formula is C19H20FN5O4. The van der Waals surface area contributed by atoms with E-state index in [1.165, 1.54) is 12.0 Å². The summed E-state index contributed by atoms with van der Waals surface area (Å²) in [6, 6.07) is 5.92. The number of rotatable bonds is 3. The SMILES string of the molecule is COC(=O)N1CCC(F)(c2noc(-c3ccc4cnn(C5COC5)c4c3)n2)CC1. The second-order valence-electron chi connectivity index (χ2n) is 7.40. The van der Waals surface area contributed by atoms with Gasteiger partial charge in [-0.2, -0.15) is 10.1 Å². The van der Waals surface area contributed by atoms with E-state index in [1.54, 1.807) is 0 Å². The fourth-order valence-electron chi connectivity index (χ4n) is 3.75. The van der Waals surface area contributed by atoms with Gasteiger partial charge in [0, 0.05) is 36.9 Å². The molecule has 2 aliphatic heterocycles. The fourth-order valence-corrected chi connectivity index (χ4v) is 3.75. The molecule has 4 heterocycles. The summed E-state index contributed by atoms with van der Waals surface area (Å²) in [6.45, 7) is 1.75. The number of carbonyl (C=O) groups is 1. The van der Waals surface area contributed by atoms with Gasteiger partial charge in [-0.1, -0.05) is 11.2 Å². The quantitative estimate of drug-likeness (QED) is 0.666. The third kappa shape index (κ3) is 3.03. The first-order valence-electron chi connectivity index (χ1n) is 9.49. The number of aromatic nitrogens is 4. The maximum absolute atomic E-state index is 15.4. The molecule has 9 nitrogen and oxygen atoms in total. The molecule has 152 valence electrons. The van der Waals surface area contributed by atoms with Crippen molar-refractivity contribution in [3.05, 3.63) is 30.2 Å². The zero-order valence-corrected chi connectivity index (χ0v) is 15.9. The highest BCUT2D eigenvalue weighted by atomic mass is 19.1. The molecule has 5 rings (SSSR count). The minimum Gasteiger partial charge on any atom is -0.453 e. The van der Waals surface area contributed by atoms with Gasteiger partial charge in [0.25, 0.3) is 5.89 Å². The van der Waals surface area contributed by atoms with Crippen molar-refractivity contribution >= 4 is 17.0 Å². The number of likely N-dealkylation sites (tertiary alicyclic amines) is 1. The lowest BCUT2D eigenvalue weighted by molar-refractivity contribution is -0.0266. The van der Waals surface area contributed by atoms with Gasteiger partial charge in [-0.05, 0) is 12.1 Å². The van der Waals surface area contributed by atoms with Gasteiger partial charge >= 0.3 is 6.09 Å². The van der Waals surface area contributed by atoms with Crippen LogP contribution in [0.25, 0.3) is 22.4 Å². The van der Waals surface area contributed by atoms with Gasteiger partial charge in [0.2, 0.25) is 5.82 Å². The summed E-state index contributed by atoms with van der Waals surface area (Å²) in [4.78, 5) is 17.4. The molecule has 1 aromatic carbocycles. The molecule has 29 heavy (non-hydrogen) atoms. The van der Waals surface area contributed by atoms with Crippen LogP contribution in [0.1, 0.15) is 24.7 Å². The van der Waals surface area contributed by atoms with E-state index in [9.17, 15) is 4.79 Å². The molecule has 2 fully saturated rings. The number of hydrogen-bond donors (Lipinski definition) is 0. The summed E-state index contributed by atoms with van der Waals surface area (Å²) < 4.78 is 32.7. The van der Waals surface area contributed by atoms with Gasteiger partial charge in [0.1, 0.15) is 0 Å². The van der Waals surface area contributed by atoms with Gasteiger partial charge in [-0.25, -0.2) is 9.18 Å². The van der Waals surface area contributed by atoms with Crippen LogP contribution in [0.15, 0.2) is 28.9 Å². The number of alkyl halides is 1. The Hall–Kier alpha value is -3.01. The molecule has 2 aromatic heterocycles. The highest BCUT2D eigenvalue weighted by molar-refractivity contribution is 5.83. The van der Waals surface area contributed by atoms with Crippen LogP contribution < -0.4 is 0 Å². The van der Waals surface area contributed by atoms with Gasteiger partial charge in [-0.15, -0.1) is 0 Å². The van der Waals surface area contributed by atoms with Gasteiger partial charge in [0.15, 0.2) is 5.67 Å². The summed E-state index contributed by atoms with van der Waals surface area (Å²) in [5, 5.41) is 9.33. The molecule has 10 heteroatoms. The minimum absolute atomic E-state index is 0.0120. The van der Waals surface area contributed by atoms with Crippen LogP contribution in [0.3, 0.4) is 0 Å². The van der Waals surface area contributed by atoms with Crippen LogP contribution in [0.4, 0.5) is 9.18 Å². The van der Waals surface area contributed by atoms with Crippen molar-refractivity contribution in [2.75, 3.05) is 33.4 Å². The van der Waals surface area contributed by atoms with Crippen LogP contribution in [0, 0.1) is 0 Å². The van der Waals surface area contributed by atoms with Gasteiger partial charge < -0.3 is 18.9 Å². The molecule has 0 saturated carbocycles. The van der Waals surface area contributed by atoms with Crippen LogP contribution in [0.5, 0.6) is 0 Å². The molecule has 0 N–H and O–H groups in total. The molecule has 0 bridgehead atoms. The molecule has 2 aliphatic rings. The van der Waals surface area contributed by atoms with Gasteiger partial charge in [-0.3, -0.25) is 4.68 Å². The minimum atomic E-state index is -1.73. The normalized spacial score (nSPS) is 19.3. The van der Waals surface area contributed by atoms with Crippen molar-refractivity contribution in [1.29, 1.82) is 0 Å². The second kappa shape index (κ2) is 6.80. The maximum Gasteiger partial charge on any atom is 0.409 e. The van der Waals surface area contributed by atoms with E-state index in [2.05, 4.69) is 15.2 Å². The smallest absolute Gasteiger partial charge is 0.409 e. The van der Waals surface area contributed by atoms with E-state index in [1.807, 2.05) is 29.1 Å². The van der Waals surface area contributed by atoms with Crippen LogP contribution in [-0.2, 0) is 15.1 Å². The largest absolute Gasteiger partial charge is 0.453 e. The number of hydrogen-bond acceptors (Lipinski definition) is 7. The summed E-state index contributed by atoms with van der Waals surface area (Å²) in [5.74, 6) is 0.268. The summed E-state index contributed by atoms with van der Waals surface area (Å²) in [7, 11) is 1.31. The van der Waals surface area contributed by atoms with Crippen molar-refractivity contribution in [3.8, 4) is 11.5 Å². The Morgan fingerprint density at radius 2 is 2.10 bits per heavy atom. The number of piperidine rings is 1. The average Bonchev–Trinajstić information content (AvgIpc) is 3.35. The predicted octanol–water partition coefficient (Wildman–Crippen LogP) is 2.68. The first kappa shape index (κ1) is 18.0. The van der Waals surface area contributed by atoms with Crippen LogP contribution in [-0.4, -0.2) is 64.3 Å². The lowest BCUT2D eigenvalue weighted by Crippen LogP contribution is -2.43. The second-order valence-corrected chi connectivity index (χ2v) is 7.40. The predicted molar refractivity (Wildman–Crippen MR) is 98.9 cm³/mol.